The lowest BCUT2D eigenvalue weighted by atomic mass is 9.48. The van der Waals surface area contributed by atoms with Crippen LogP contribution in [0.1, 0.15) is 30.4 Å². The molecule has 154 valence electrons. The summed E-state index contributed by atoms with van der Waals surface area (Å²) in [7, 11) is 3.45. The van der Waals surface area contributed by atoms with E-state index in [1.54, 1.807) is 7.11 Å². The first kappa shape index (κ1) is 18.5. The van der Waals surface area contributed by atoms with Gasteiger partial charge in [-0.3, -0.25) is 4.90 Å². The molecule has 2 heterocycles. The van der Waals surface area contributed by atoms with E-state index in [-0.39, 0.29) is 12.1 Å². The van der Waals surface area contributed by atoms with Gasteiger partial charge in [-0.2, -0.15) is 13.2 Å². The summed E-state index contributed by atoms with van der Waals surface area (Å²) >= 11 is 0. The van der Waals surface area contributed by atoms with Gasteiger partial charge >= 0.3 is 6.18 Å². The number of hydrogen-bond donors (Lipinski definition) is 2. The average Bonchev–Trinajstić information content (AvgIpc) is 2.98. The highest BCUT2D eigenvalue weighted by atomic mass is 19.4. The molecule has 0 aromatic heterocycles. The molecule has 0 radical (unpaired) electrons. The molecule has 2 N–H and O–H groups in total. The van der Waals surface area contributed by atoms with Gasteiger partial charge in [-0.05, 0) is 44.4 Å². The first-order valence-corrected chi connectivity index (χ1v) is 9.82. The van der Waals surface area contributed by atoms with E-state index < -0.39 is 29.8 Å². The quantitative estimate of drug-likeness (QED) is 0.816. The highest BCUT2D eigenvalue weighted by Gasteiger charge is 2.73. The number of hydrogen-bond acceptors (Lipinski definition) is 5. The lowest BCUT2D eigenvalue weighted by Gasteiger charge is -2.64. The van der Waals surface area contributed by atoms with E-state index in [2.05, 4.69) is 5.32 Å². The number of aliphatic hydroxyl groups is 1. The maximum atomic E-state index is 13.2. The van der Waals surface area contributed by atoms with E-state index in [1.807, 2.05) is 19.2 Å². The maximum absolute atomic E-state index is 13.2. The molecule has 5 nitrogen and oxygen atoms in total. The van der Waals surface area contributed by atoms with Crippen LogP contribution in [0.5, 0.6) is 11.5 Å². The molecule has 1 saturated carbocycles. The van der Waals surface area contributed by atoms with Crippen LogP contribution in [-0.2, 0) is 11.8 Å². The van der Waals surface area contributed by atoms with Crippen LogP contribution in [0.25, 0.3) is 0 Å². The standard InChI is InChI=1S/C20H25F3N2O3/c1-24-12-5-6-19(26)14-9-11-3-4-13(27-2)16-15(11)18(19,17(12)28-16)7-8-25(14)10-20(21,22)23/h3-4,12,14,17,24,26H,5-10H2,1-2H3/t12-,14-,17+,18+,19-/m1/s1. The lowest BCUT2D eigenvalue weighted by molar-refractivity contribution is -0.217. The van der Waals surface area contributed by atoms with Gasteiger partial charge in [0.05, 0.1) is 24.7 Å². The van der Waals surface area contributed by atoms with Gasteiger partial charge < -0.3 is 19.9 Å². The van der Waals surface area contributed by atoms with Crippen LogP contribution in [0.2, 0.25) is 0 Å². The third-order valence-electron chi connectivity index (χ3n) is 7.53. The highest BCUT2D eigenvalue weighted by molar-refractivity contribution is 5.63. The first-order valence-electron chi connectivity index (χ1n) is 9.82. The smallest absolute Gasteiger partial charge is 0.401 e. The van der Waals surface area contributed by atoms with Crippen molar-refractivity contribution in [3.63, 3.8) is 0 Å². The number of likely N-dealkylation sites (tertiary alicyclic amines) is 1. The lowest BCUT2D eigenvalue weighted by Crippen LogP contribution is -2.78. The minimum Gasteiger partial charge on any atom is -0.493 e. The molecule has 2 fully saturated rings. The molecule has 1 spiro atoms. The van der Waals surface area contributed by atoms with E-state index in [9.17, 15) is 18.3 Å². The summed E-state index contributed by atoms with van der Waals surface area (Å²) < 4.78 is 51.6. The molecular formula is C20H25F3N2O3. The third kappa shape index (κ3) is 2.14. The fraction of sp³-hybridized carbons (Fsp3) is 0.700. The molecule has 1 aromatic carbocycles. The number of nitrogens with zero attached hydrogens (tertiary/aromatic N) is 1. The summed E-state index contributed by atoms with van der Waals surface area (Å²) in [6.45, 7) is -0.700. The zero-order chi connectivity index (χ0) is 19.9. The molecule has 1 aromatic rings. The van der Waals surface area contributed by atoms with Crippen LogP contribution in [0, 0.1) is 0 Å². The van der Waals surface area contributed by atoms with Crippen LogP contribution >= 0.6 is 0 Å². The molecule has 5 atom stereocenters. The normalized spacial score (nSPS) is 38.7. The second-order valence-electron chi connectivity index (χ2n) is 8.55. The third-order valence-corrected chi connectivity index (χ3v) is 7.53. The van der Waals surface area contributed by atoms with Gasteiger partial charge in [-0.15, -0.1) is 0 Å². The second kappa shape index (κ2) is 5.77. The topological polar surface area (TPSA) is 54.0 Å². The van der Waals surface area contributed by atoms with Gasteiger partial charge in [0, 0.05) is 24.2 Å². The van der Waals surface area contributed by atoms with Gasteiger partial charge in [0.1, 0.15) is 6.10 Å². The molecular weight excluding hydrogens is 373 g/mol. The average molecular weight is 398 g/mol. The Morgan fingerprint density at radius 3 is 2.82 bits per heavy atom. The van der Waals surface area contributed by atoms with Crippen LogP contribution in [0.15, 0.2) is 12.1 Å². The summed E-state index contributed by atoms with van der Waals surface area (Å²) in [5.74, 6) is 1.28. The number of alkyl halides is 3. The van der Waals surface area contributed by atoms with Crippen molar-refractivity contribution in [2.45, 2.75) is 61.1 Å². The summed E-state index contributed by atoms with van der Waals surface area (Å²) in [5.41, 5.74) is -0.0266. The van der Waals surface area contributed by atoms with Gasteiger partial charge in [-0.1, -0.05) is 6.07 Å². The Bertz CT molecular complexity index is 817. The van der Waals surface area contributed by atoms with E-state index >= 15 is 0 Å². The Labute approximate surface area is 161 Å². The van der Waals surface area contributed by atoms with Crippen molar-refractivity contribution in [2.24, 2.45) is 0 Å². The summed E-state index contributed by atoms with van der Waals surface area (Å²) in [6, 6.07) is 3.21. The predicted molar refractivity (Wildman–Crippen MR) is 95.9 cm³/mol. The molecule has 2 bridgehead atoms. The Morgan fingerprint density at radius 2 is 2.14 bits per heavy atom. The van der Waals surface area contributed by atoms with Crippen molar-refractivity contribution in [1.82, 2.24) is 10.2 Å². The highest BCUT2D eigenvalue weighted by Crippen LogP contribution is 2.65. The minimum absolute atomic E-state index is 0.0261. The number of methoxy groups -OCH3 is 1. The Morgan fingerprint density at radius 1 is 1.36 bits per heavy atom. The zero-order valence-corrected chi connectivity index (χ0v) is 16.0. The number of halogens is 3. The summed E-state index contributed by atoms with van der Waals surface area (Å²) in [4.78, 5) is 1.44. The molecule has 5 rings (SSSR count). The monoisotopic (exact) mass is 398 g/mol. The van der Waals surface area contributed by atoms with Gasteiger partial charge in [-0.25, -0.2) is 0 Å². The van der Waals surface area contributed by atoms with Crippen LogP contribution in [0.3, 0.4) is 0 Å². The molecule has 4 aliphatic rings. The van der Waals surface area contributed by atoms with Gasteiger partial charge in [0.15, 0.2) is 11.5 Å². The summed E-state index contributed by atoms with van der Waals surface area (Å²) in [6.07, 6.45) is -2.68. The van der Waals surface area contributed by atoms with E-state index in [1.165, 1.54) is 4.90 Å². The number of rotatable bonds is 3. The Kier molecular flexibility index (Phi) is 3.81. The number of piperidine rings is 1. The van der Waals surface area contributed by atoms with Crippen molar-refractivity contribution >= 4 is 0 Å². The Balaban J connectivity index is 1.70. The number of benzene rings is 1. The van der Waals surface area contributed by atoms with Gasteiger partial charge in [0.25, 0.3) is 0 Å². The van der Waals surface area contributed by atoms with Crippen molar-refractivity contribution in [1.29, 1.82) is 0 Å². The molecule has 8 heteroatoms. The summed E-state index contributed by atoms with van der Waals surface area (Å²) in [5, 5.41) is 15.3. The van der Waals surface area contributed by atoms with Crippen molar-refractivity contribution in [3.05, 3.63) is 23.3 Å². The molecule has 0 unspecified atom stereocenters. The predicted octanol–water partition coefficient (Wildman–Crippen LogP) is 2.00. The van der Waals surface area contributed by atoms with Crippen LogP contribution in [0.4, 0.5) is 13.2 Å². The molecule has 2 aliphatic carbocycles. The SMILES string of the molecule is CN[C@@H]1CC[C@@]2(O)[C@H]3Cc4ccc(OC)c5c4[C@@]2(CCN3CC(F)(F)F)[C@H]1O5. The fourth-order valence-corrected chi connectivity index (χ4v) is 6.50. The van der Waals surface area contributed by atoms with Crippen molar-refractivity contribution in [3.8, 4) is 11.5 Å². The minimum atomic E-state index is -4.29. The van der Waals surface area contributed by atoms with Crippen LogP contribution < -0.4 is 14.8 Å². The fourth-order valence-electron chi connectivity index (χ4n) is 6.50. The zero-order valence-electron chi connectivity index (χ0n) is 16.0. The van der Waals surface area contributed by atoms with E-state index in [0.29, 0.717) is 43.7 Å². The van der Waals surface area contributed by atoms with Crippen molar-refractivity contribution < 1.29 is 27.8 Å². The van der Waals surface area contributed by atoms with E-state index in [4.69, 9.17) is 9.47 Å². The molecule has 0 amide bonds. The van der Waals surface area contributed by atoms with Crippen LogP contribution in [-0.4, -0.2) is 67.2 Å². The number of ether oxygens (including phenoxy) is 2. The number of nitrogens with one attached hydrogen (secondary N) is 1. The molecule has 1 saturated heterocycles. The van der Waals surface area contributed by atoms with E-state index in [0.717, 1.165) is 11.1 Å². The largest absolute Gasteiger partial charge is 0.493 e. The molecule has 28 heavy (non-hydrogen) atoms. The second-order valence-corrected chi connectivity index (χ2v) is 8.55. The number of likely N-dealkylation sites (N-methyl/N-ethyl adjacent to an activating group) is 1. The Hall–Kier alpha value is -1.51. The van der Waals surface area contributed by atoms with Crippen molar-refractivity contribution in [2.75, 3.05) is 27.2 Å². The first-order chi connectivity index (χ1) is 13.2. The molecule has 2 aliphatic heterocycles. The van der Waals surface area contributed by atoms with Gasteiger partial charge in [0.2, 0.25) is 0 Å². The maximum Gasteiger partial charge on any atom is 0.401 e.